The first-order valence-electron chi connectivity index (χ1n) is 9.55. The van der Waals surface area contributed by atoms with Gasteiger partial charge in [0.1, 0.15) is 17.8 Å². The molecule has 0 spiro atoms. The molecule has 0 aliphatic rings. The Balaban J connectivity index is 1.63. The van der Waals surface area contributed by atoms with Crippen molar-refractivity contribution in [2.24, 2.45) is 0 Å². The Kier molecular flexibility index (Phi) is 6.68. The van der Waals surface area contributed by atoms with Crippen LogP contribution in [0.4, 0.5) is 23.0 Å². The molecule has 1 heterocycles. The van der Waals surface area contributed by atoms with E-state index in [2.05, 4.69) is 58.7 Å². The van der Waals surface area contributed by atoms with Gasteiger partial charge < -0.3 is 21.1 Å². The Bertz CT molecular complexity index is 878. The van der Waals surface area contributed by atoms with Gasteiger partial charge in [-0.1, -0.05) is 43.2 Å². The molecule has 4 N–H and O–H groups in total. The zero-order chi connectivity index (χ0) is 19.8. The minimum atomic E-state index is 0.484. The third-order valence-electron chi connectivity index (χ3n) is 4.35. The van der Waals surface area contributed by atoms with Crippen molar-refractivity contribution in [1.82, 2.24) is 9.97 Å². The predicted molar refractivity (Wildman–Crippen MR) is 115 cm³/mol. The molecule has 0 atom stereocenters. The highest BCUT2D eigenvalue weighted by molar-refractivity contribution is 5.77. The number of ether oxygens (including phenoxy) is 1. The topological polar surface area (TPSA) is 85.1 Å². The van der Waals surface area contributed by atoms with Crippen molar-refractivity contribution in [2.45, 2.75) is 33.2 Å². The Morgan fingerprint density at radius 1 is 0.964 bits per heavy atom. The summed E-state index contributed by atoms with van der Waals surface area (Å²) in [6.45, 7) is 5.59. The maximum absolute atomic E-state index is 6.26. The summed E-state index contributed by atoms with van der Waals surface area (Å²) in [5, 5.41) is 6.52. The molecular weight excluding hydrogens is 350 g/mol. The van der Waals surface area contributed by atoms with Crippen molar-refractivity contribution >= 4 is 23.0 Å². The summed E-state index contributed by atoms with van der Waals surface area (Å²) < 4.78 is 5.69. The Morgan fingerprint density at radius 2 is 1.68 bits per heavy atom. The number of nitrogens with two attached hydrogens (primary N) is 1. The van der Waals surface area contributed by atoms with Gasteiger partial charge in [-0.05, 0) is 43.2 Å². The molecule has 0 saturated heterocycles. The minimum absolute atomic E-state index is 0.484. The van der Waals surface area contributed by atoms with Crippen LogP contribution < -0.4 is 21.1 Å². The molecule has 1 aromatic heterocycles. The molecule has 0 amide bonds. The summed E-state index contributed by atoms with van der Waals surface area (Å²) in [4.78, 5) is 8.53. The van der Waals surface area contributed by atoms with E-state index in [-0.39, 0.29) is 0 Å². The summed E-state index contributed by atoms with van der Waals surface area (Å²) in [6.07, 6.45) is 3.67. The molecular formula is C22H27N5O. The lowest BCUT2D eigenvalue weighted by atomic mass is 10.1. The largest absolute Gasteiger partial charge is 0.494 e. The average Bonchev–Trinajstić information content (AvgIpc) is 2.71. The van der Waals surface area contributed by atoms with Gasteiger partial charge >= 0.3 is 0 Å². The van der Waals surface area contributed by atoms with Crippen molar-refractivity contribution in [1.29, 1.82) is 0 Å². The number of benzene rings is 2. The zero-order valence-electron chi connectivity index (χ0n) is 16.4. The molecule has 0 fully saturated rings. The van der Waals surface area contributed by atoms with Gasteiger partial charge in [-0.2, -0.15) is 0 Å². The number of hydrogen-bond donors (Lipinski definition) is 3. The van der Waals surface area contributed by atoms with Crippen molar-refractivity contribution in [3.63, 3.8) is 0 Å². The van der Waals surface area contributed by atoms with Gasteiger partial charge in [-0.3, -0.25) is 0 Å². The summed E-state index contributed by atoms with van der Waals surface area (Å²) in [5.41, 5.74) is 10.0. The molecule has 2 aromatic carbocycles. The van der Waals surface area contributed by atoms with Crippen molar-refractivity contribution in [3.05, 3.63) is 66.0 Å². The van der Waals surface area contributed by atoms with E-state index >= 15 is 0 Å². The second-order valence-corrected chi connectivity index (χ2v) is 6.68. The maximum atomic E-state index is 6.26. The molecule has 0 bridgehead atoms. The van der Waals surface area contributed by atoms with Crippen molar-refractivity contribution in [2.75, 3.05) is 23.0 Å². The smallest absolute Gasteiger partial charge is 0.159 e. The fourth-order valence-electron chi connectivity index (χ4n) is 2.63. The molecule has 3 rings (SSSR count). The number of nitrogen functional groups attached to an aromatic ring is 1. The number of anilines is 4. The predicted octanol–water partition coefficient (Wildman–Crippen LogP) is 4.90. The van der Waals surface area contributed by atoms with E-state index in [4.69, 9.17) is 10.5 Å². The fourth-order valence-corrected chi connectivity index (χ4v) is 2.63. The van der Waals surface area contributed by atoms with Crippen LogP contribution in [-0.4, -0.2) is 16.6 Å². The van der Waals surface area contributed by atoms with E-state index in [1.54, 1.807) is 0 Å². The van der Waals surface area contributed by atoms with Gasteiger partial charge in [0.25, 0.3) is 0 Å². The SMILES string of the molecule is CCCCOc1ccc(Nc2ncnc(NCc3ccc(C)cc3)c2N)cc1. The van der Waals surface area contributed by atoms with E-state index in [0.29, 0.717) is 23.9 Å². The summed E-state index contributed by atoms with van der Waals surface area (Å²) in [5.74, 6) is 2.04. The van der Waals surface area contributed by atoms with Gasteiger partial charge in [-0.25, -0.2) is 9.97 Å². The highest BCUT2D eigenvalue weighted by Gasteiger charge is 2.08. The third kappa shape index (κ3) is 5.36. The van der Waals surface area contributed by atoms with E-state index < -0.39 is 0 Å². The number of aromatic nitrogens is 2. The molecule has 0 aliphatic carbocycles. The van der Waals surface area contributed by atoms with Crippen LogP contribution in [0.25, 0.3) is 0 Å². The monoisotopic (exact) mass is 377 g/mol. The molecule has 0 saturated carbocycles. The molecule has 6 nitrogen and oxygen atoms in total. The van der Waals surface area contributed by atoms with Crippen LogP contribution in [0.3, 0.4) is 0 Å². The number of rotatable bonds is 9. The molecule has 3 aromatic rings. The fraction of sp³-hybridized carbons (Fsp3) is 0.273. The number of nitrogens with zero attached hydrogens (tertiary/aromatic N) is 2. The van der Waals surface area contributed by atoms with Crippen LogP contribution in [0.15, 0.2) is 54.9 Å². The summed E-state index contributed by atoms with van der Waals surface area (Å²) >= 11 is 0. The van der Waals surface area contributed by atoms with Gasteiger partial charge in [0.15, 0.2) is 11.6 Å². The molecule has 0 radical (unpaired) electrons. The number of unbranched alkanes of at least 4 members (excludes halogenated alkanes) is 1. The van der Waals surface area contributed by atoms with Crippen LogP contribution in [0.2, 0.25) is 0 Å². The highest BCUT2D eigenvalue weighted by atomic mass is 16.5. The van der Waals surface area contributed by atoms with E-state index in [9.17, 15) is 0 Å². The Hall–Kier alpha value is -3.28. The van der Waals surface area contributed by atoms with Crippen LogP contribution >= 0.6 is 0 Å². The lowest BCUT2D eigenvalue weighted by molar-refractivity contribution is 0.309. The van der Waals surface area contributed by atoms with E-state index in [1.165, 1.54) is 11.9 Å². The minimum Gasteiger partial charge on any atom is -0.494 e. The summed E-state index contributed by atoms with van der Waals surface area (Å²) in [7, 11) is 0. The molecule has 0 unspecified atom stereocenters. The first-order valence-corrected chi connectivity index (χ1v) is 9.55. The van der Waals surface area contributed by atoms with Gasteiger partial charge in [-0.15, -0.1) is 0 Å². The first kappa shape index (κ1) is 19.5. The van der Waals surface area contributed by atoms with Crippen LogP contribution in [0, 0.1) is 6.92 Å². The number of aryl methyl sites for hydroxylation is 1. The van der Waals surface area contributed by atoms with Crippen molar-refractivity contribution < 1.29 is 4.74 Å². The molecule has 0 aliphatic heterocycles. The number of hydrogen-bond acceptors (Lipinski definition) is 6. The van der Waals surface area contributed by atoms with Gasteiger partial charge in [0.05, 0.1) is 6.61 Å². The first-order chi connectivity index (χ1) is 13.7. The second-order valence-electron chi connectivity index (χ2n) is 6.68. The molecule has 6 heteroatoms. The Labute approximate surface area is 166 Å². The Morgan fingerprint density at radius 3 is 2.39 bits per heavy atom. The van der Waals surface area contributed by atoms with Gasteiger partial charge in [0.2, 0.25) is 0 Å². The normalized spacial score (nSPS) is 10.5. The van der Waals surface area contributed by atoms with Crippen LogP contribution in [-0.2, 0) is 6.54 Å². The van der Waals surface area contributed by atoms with Gasteiger partial charge in [0, 0.05) is 12.2 Å². The second kappa shape index (κ2) is 9.60. The number of nitrogens with one attached hydrogen (secondary N) is 2. The molecule has 146 valence electrons. The average molecular weight is 377 g/mol. The quantitative estimate of drug-likeness (QED) is 0.460. The van der Waals surface area contributed by atoms with Crippen molar-refractivity contribution in [3.8, 4) is 5.75 Å². The highest BCUT2D eigenvalue weighted by Crippen LogP contribution is 2.27. The third-order valence-corrected chi connectivity index (χ3v) is 4.35. The lowest BCUT2D eigenvalue weighted by Crippen LogP contribution is -2.08. The summed E-state index contributed by atoms with van der Waals surface area (Å²) in [6, 6.07) is 16.1. The standard InChI is InChI=1S/C22H27N5O/c1-3-4-13-28-19-11-9-18(10-12-19)27-22-20(23)21(25-15-26-22)24-14-17-7-5-16(2)6-8-17/h5-12,15H,3-4,13-14,23H2,1-2H3,(H2,24,25,26,27). The van der Waals surface area contributed by atoms with E-state index in [1.807, 2.05) is 24.3 Å². The molecule has 28 heavy (non-hydrogen) atoms. The zero-order valence-corrected chi connectivity index (χ0v) is 16.4. The van der Waals surface area contributed by atoms with E-state index in [0.717, 1.165) is 36.4 Å². The van der Waals surface area contributed by atoms with Crippen LogP contribution in [0.5, 0.6) is 5.75 Å². The van der Waals surface area contributed by atoms with Crippen LogP contribution in [0.1, 0.15) is 30.9 Å². The lowest BCUT2D eigenvalue weighted by Gasteiger charge is -2.13. The maximum Gasteiger partial charge on any atom is 0.159 e.